The number of halogens is 2. The summed E-state index contributed by atoms with van der Waals surface area (Å²) in [6.45, 7) is -0.0720. The van der Waals surface area contributed by atoms with Crippen molar-refractivity contribution < 1.29 is 27.4 Å². The Labute approximate surface area is 242 Å². The van der Waals surface area contributed by atoms with E-state index in [1.54, 1.807) is 72.8 Å². The highest BCUT2D eigenvalue weighted by Crippen LogP contribution is 2.33. The van der Waals surface area contributed by atoms with Crippen LogP contribution in [0.3, 0.4) is 0 Å². The normalized spacial score (nSPS) is 11.1. The average molecular weight is 602 g/mol. The topological polar surface area (TPSA) is 103 Å². The van der Waals surface area contributed by atoms with Gasteiger partial charge in [0, 0.05) is 33.9 Å². The monoisotopic (exact) mass is 600 g/mol. The number of sulfonamides is 1. The summed E-state index contributed by atoms with van der Waals surface area (Å²) in [5.74, 6) is 1.08. The Kier molecular flexibility index (Phi) is 9.54. The van der Waals surface area contributed by atoms with Crippen molar-refractivity contribution in [1.29, 1.82) is 0 Å². The van der Waals surface area contributed by atoms with Crippen LogP contribution >= 0.6 is 23.2 Å². The first-order valence-corrected chi connectivity index (χ1v) is 14.2. The number of anilines is 1. The standard InChI is InChI=1S/C29H26Cl2N2O6S/c1-37-24-11-9-20(27(17-24)38-2)18-32-40(35,36)28-16-23(33-29(34)14-19-5-3-6-21(30)13-19)10-12-26(28)39-25-8-4-7-22(31)15-25/h3-13,15-17,32H,14,18H2,1-2H3,(H,33,34). The molecule has 0 radical (unpaired) electrons. The lowest BCUT2D eigenvalue weighted by atomic mass is 10.1. The third kappa shape index (κ3) is 7.67. The number of ether oxygens (including phenoxy) is 3. The van der Waals surface area contributed by atoms with Gasteiger partial charge >= 0.3 is 0 Å². The zero-order chi connectivity index (χ0) is 28.7. The molecule has 8 nitrogen and oxygen atoms in total. The number of rotatable bonds is 11. The molecule has 11 heteroatoms. The molecule has 0 atom stereocenters. The van der Waals surface area contributed by atoms with E-state index in [2.05, 4.69) is 10.0 Å². The van der Waals surface area contributed by atoms with Crippen LogP contribution in [0, 0.1) is 0 Å². The van der Waals surface area contributed by atoms with Crippen molar-refractivity contribution in [2.75, 3.05) is 19.5 Å². The first-order chi connectivity index (χ1) is 19.2. The van der Waals surface area contributed by atoms with E-state index in [0.717, 1.165) is 0 Å². The van der Waals surface area contributed by atoms with E-state index >= 15 is 0 Å². The largest absolute Gasteiger partial charge is 0.497 e. The molecule has 4 aromatic carbocycles. The highest BCUT2D eigenvalue weighted by molar-refractivity contribution is 7.89. The Morgan fingerprint density at radius 1 is 0.800 bits per heavy atom. The fourth-order valence-electron chi connectivity index (χ4n) is 3.82. The van der Waals surface area contributed by atoms with Gasteiger partial charge in [0.2, 0.25) is 15.9 Å². The van der Waals surface area contributed by atoms with E-state index in [9.17, 15) is 13.2 Å². The molecule has 0 saturated carbocycles. The molecule has 1 amide bonds. The fraction of sp³-hybridized carbons (Fsp3) is 0.138. The van der Waals surface area contributed by atoms with Gasteiger partial charge in [-0.1, -0.05) is 47.5 Å². The highest BCUT2D eigenvalue weighted by Gasteiger charge is 2.22. The average Bonchev–Trinajstić information content (AvgIpc) is 2.92. The minimum atomic E-state index is -4.15. The maximum absolute atomic E-state index is 13.6. The van der Waals surface area contributed by atoms with E-state index in [1.165, 1.54) is 26.4 Å². The SMILES string of the molecule is COc1ccc(CNS(=O)(=O)c2cc(NC(=O)Cc3cccc(Cl)c3)ccc2Oc2cccc(Cl)c2)c(OC)c1. The zero-order valence-electron chi connectivity index (χ0n) is 21.6. The van der Waals surface area contributed by atoms with Crippen LogP contribution < -0.4 is 24.2 Å². The maximum Gasteiger partial charge on any atom is 0.244 e. The van der Waals surface area contributed by atoms with Crippen LogP contribution in [0.4, 0.5) is 5.69 Å². The number of benzene rings is 4. The summed E-state index contributed by atoms with van der Waals surface area (Å²) in [6, 6.07) is 22.9. The van der Waals surface area contributed by atoms with E-state index in [1.807, 2.05) is 0 Å². The summed E-state index contributed by atoms with van der Waals surface area (Å²) < 4.78 is 46.2. The number of hydrogen-bond acceptors (Lipinski definition) is 6. The lowest BCUT2D eigenvalue weighted by Crippen LogP contribution is -2.24. The fourth-order valence-corrected chi connectivity index (χ4v) is 5.37. The first kappa shape index (κ1) is 29.2. The van der Waals surface area contributed by atoms with Gasteiger partial charge in [-0.3, -0.25) is 4.79 Å². The van der Waals surface area contributed by atoms with Gasteiger partial charge in [0.25, 0.3) is 0 Å². The van der Waals surface area contributed by atoms with Gasteiger partial charge in [0.05, 0.1) is 20.6 Å². The second-order valence-electron chi connectivity index (χ2n) is 8.58. The molecular weight excluding hydrogens is 575 g/mol. The lowest BCUT2D eigenvalue weighted by Gasteiger charge is -2.16. The Hall–Kier alpha value is -3.76. The van der Waals surface area contributed by atoms with Crippen LogP contribution in [-0.4, -0.2) is 28.5 Å². The van der Waals surface area contributed by atoms with Crippen LogP contribution in [0.15, 0.2) is 89.8 Å². The highest BCUT2D eigenvalue weighted by atomic mass is 35.5. The molecule has 4 aromatic rings. The van der Waals surface area contributed by atoms with Crippen molar-refractivity contribution in [2.24, 2.45) is 0 Å². The number of carbonyl (C=O) groups is 1. The van der Waals surface area contributed by atoms with Crippen LogP contribution in [-0.2, 0) is 27.8 Å². The maximum atomic E-state index is 13.6. The van der Waals surface area contributed by atoms with Gasteiger partial charge in [-0.05, 0) is 60.2 Å². The summed E-state index contributed by atoms with van der Waals surface area (Å²) in [6.07, 6.45) is 0.0545. The van der Waals surface area contributed by atoms with Gasteiger partial charge in [-0.2, -0.15) is 0 Å². The Balaban J connectivity index is 1.62. The summed E-state index contributed by atoms with van der Waals surface area (Å²) in [7, 11) is -1.13. The molecule has 0 aliphatic rings. The van der Waals surface area contributed by atoms with Crippen LogP contribution in [0.5, 0.6) is 23.0 Å². The molecule has 4 rings (SSSR count). The van der Waals surface area contributed by atoms with E-state index < -0.39 is 10.0 Å². The number of hydrogen-bond donors (Lipinski definition) is 2. The quantitative estimate of drug-likeness (QED) is 0.205. The lowest BCUT2D eigenvalue weighted by molar-refractivity contribution is -0.115. The predicted molar refractivity (Wildman–Crippen MR) is 155 cm³/mol. The number of amides is 1. The van der Waals surface area contributed by atoms with Crippen LogP contribution in [0.1, 0.15) is 11.1 Å². The predicted octanol–water partition coefficient (Wildman–Crippen LogP) is 6.46. The molecule has 208 valence electrons. The van der Waals surface area contributed by atoms with Crippen LogP contribution in [0.2, 0.25) is 10.0 Å². The van der Waals surface area contributed by atoms with Gasteiger partial charge in [0.15, 0.2) is 0 Å². The molecular formula is C29H26Cl2N2O6S. The smallest absolute Gasteiger partial charge is 0.244 e. The van der Waals surface area contributed by atoms with Crippen molar-refractivity contribution in [1.82, 2.24) is 4.72 Å². The van der Waals surface area contributed by atoms with Crippen molar-refractivity contribution >= 4 is 44.8 Å². The molecule has 0 spiro atoms. The molecule has 0 fully saturated rings. The van der Waals surface area contributed by atoms with Crippen LogP contribution in [0.25, 0.3) is 0 Å². The van der Waals surface area contributed by atoms with E-state index in [4.69, 9.17) is 37.4 Å². The van der Waals surface area contributed by atoms with Gasteiger partial charge in [-0.25, -0.2) is 13.1 Å². The first-order valence-electron chi connectivity index (χ1n) is 12.0. The van der Waals surface area contributed by atoms with Gasteiger partial charge in [0.1, 0.15) is 27.9 Å². The molecule has 2 N–H and O–H groups in total. The second-order valence-corrected chi connectivity index (χ2v) is 11.2. The summed E-state index contributed by atoms with van der Waals surface area (Å²) in [5, 5.41) is 3.68. The second kappa shape index (κ2) is 13.1. The third-order valence-corrected chi connectivity index (χ3v) is 7.63. The Morgan fingerprint density at radius 3 is 2.25 bits per heavy atom. The Morgan fingerprint density at radius 2 is 1.55 bits per heavy atom. The minimum absolute atomic E-state index is 0.0457. The van der Waals surface area contributed by atoms with Crippen molar-refractivity contribution in [2.45, 2.75) is 17.9 Å². The number of methoxy groups -OCH3 is 2. The summed E-state index contributed by atoms with van der Waals surface area (Å²) in [5.41, 5.74) is 1.58. The van der Waals surface area contributed by atoms with E-state index in [0.29, 0.717) is 38.4 Å². The molecule has 0 aliphatic heterocycles. The van der Waals surface area contributed by atoms with Crippen molar-refractivity contribution in [3.63, 3.8) is 0 Å². The Bertz CT molecular complexity index is 1630. The molecule has 0 saturated heterocycles. The third-order valence-electron chi connectivity index (χ3n) is 5.74. The zero-order valence-corrected chi connectivity index (χ0v) is 23.9. The van der Waals surface area contributed by atoms with Crippen molar-refractivity contribution in [3.05, 3.63) is 106 Å². The molecule has 0 unspecified atom stereocenters. The summed E-state index contributed by atoms with van der Waals surface area (Å²) in [4.78, 5) is 12.5. The van der Waals surface area contributed by atoms with Gasteiger partial charge in [-0.15, -0.1) is 0 Å². The minimum Gasteiger partial charge on any atom is -0.497 e. The molecule has 0 aliphatic carbocycles. The molecule has 0 aromatic heterocycles. The number of nitrogens with one attached hydrogen (secondary N) is 2. The summed E-state index contributed by atoms with van der Waals surface area (Å²) >= 11 is 12.1. The van der Waals surface area contributed by atoms with Crippen molar-refractivity contribution in [3.8, 4) is 23.0 Å². The van der Waals surface area contributed by atoms with E-state index in [-0.39, 0.29) is 35.2 Å². The van der Waals surface area contributed by atoms with Gasteiger partial charge < -0.3 is 19.5 Å². The molecule has 0 heterocycles. The molecule has 40 heavy (non-hydrogen) atoms. The molecule has 0 bridgehead atoms. The number of carbonyl (C=O) groups excluding carboxylic acids is 1.